The van der Waals surface area contributed by atoms with Crippen LogP contribution < -0.4 is 5.32 Å². The van der Waals surface area contributed by atoms with Crippen molar-refractivity contribution in [3.8, 4) is 0 Å². The van der Waals surface area contributed by atoms with Gasteiger partial charge in [0.1, 0.15) is 10.8 Å². The monoisotopic (exact) mass is 333 g/mol. The molecule has 2 unspecified atom stereocenters. The van der Waals surface area contributed by atoms with E-state index in [4.69, 9.17) is 27.9 Å². The lowest BCUT2D eigenvalue weighted by atomic mass is 10.2. The number of halogens is 2. The first-order chi connectivity index (χ1) is 9.88. The Kier molecular flexibility index (Phi) is 5.54. The quantitative estimate of drug-likeness (QED) is 0.918. The minimum absolute atomic E-state index is 0.166. The van der Waals surface area contributed by atoms with Gasteiger partial charge in [0.05, 0.1) is 17.2 Å². The predicted octanol–water partition coefficient (Wildman–Crippen LogP) is 2.17. The molecule has 1 aromatic heterocycles. The Bertz CT molecular complexity index is 509. The van der Waals surface area contributed by atoms with Crippen molar-refractivity contribution in [1.29, 1.82) is 0 Å². The van der Waals surface area contributed by atoms with E-state index in [2.05, 4.69) is 24.1 Å². The van der Waals surface area contributed by atoms with E-state index in [-0.39, 0.29) is 18.1 Å². The number of hydrogen-bond donors (Lipinski definition) is 1. The molecule has 118 valence electrons. The normalized spacial score (nSPS) is 23.3. The lowest BCUT2D eigenvalue weighted by molar-refractivity contribution is -0.0672. The summed E-state index contributed by atoms with van der Waals surface area (Å²) in [6, 6.07) is 1.58. The van der Waals surface area contributed by atoms with Crippen molar-refractivity contribution >= 4 is 29.1 Å². The third kappa shape index (κ3) is 4.13. The summed E-state index contributed by atoms with van der Waals surface area (Å²) in [5, 5.41) is 3.66. The van der Waals surface area contributed by atoms with E-state index < -0.39 is 0 Å². The van der Waals surface area contributed by atoms with Crippen molar-refractivity contribution in [2.75, 3.05) is 26.2 Å². The third-order valence-corrected chi connectivity index (χ3v) is 4.40. The van der Waals surface area contributed by atoms with Crippen LogP contribution in [0.1, 0.15) is 24.3 Å². The van der Waals surface area contributed by atoms with Crippen molar-refractivity contribution in [2.24, 2.45) is 7.05 Å². The fourth-order valence-electron chi connectivity index (χ4n) is 2.65. The van der Waals surface area contributed by atoms with E-state index >= 15 is 0 Å². The highest BCUT2D eigenvalue weighted by atomic mass is 35.5. The Morgan fingerprint density at radius 3 is 2.52 bits per heavy atom. The number of hydrogen-bond acceptors (Lipinski definition) is 3. The molecule has 0 aromatic carbocycles. The van der Waals surface area contributed by atoms with Crippen LogP contribution in [0.4, 0.5) is 0 Å². The fourth-order valence-corrected chi connectivity index (χ4v) is 3.02. The zero-order valence-electron chi connectivity index (χ0n) is 12.5. The number of rotatable bonds is 4. The third-order valence-electron chi connectivity index (χ3n) is 3.56. The summed E-state index contributed by atoms with van der Waals surface area (Å²) in [4.78, 5) is 14.4. The maximum atomic E-state index is 12.1. The van der Waals surface area contributed by atoms with Gasteiger partial charge in [-0.3, -0.25) is 9.69 Å². The molecule has 0 bridgehead atoms. The second kappa shape index (κ2) is 7.01. The number of amides is 1. The predicted molar refractivity (Wildman–Crippen MR) is 84.2 cm³/mol. The molecule has 1 aromatic rings. The van der Waals surface area contributed by atoms with Crippen LogP contribution in [0.2, 0.25) is 10.2 Å². The lowest BCUT2D eigenvalue weighted by Gasteiger charge is -2.35. The summed E-state index contributed by atoms with van der Waals surface area (Å²) >= 11 is 11.9. The van der Waals surface area contributed by atoms with Gasteiger partial charge in [-0.1, -0.05) is 23.2 Å². The van der Waals surface area contributed by atoms with Gasteiger partial charge in [0.2, 0.25) is 0 Å². The lowest BCUT2D eigenvalue weighted by Crippen LogP contribution is -2.47. The van der Waals surface area contributed by atoms with Crippen molar-refractivity contribution in [3.63, 3.8) is 0 Å². The van der Waals surface area contributed by atoms with Gasteiger partial charge in [-0.25, -0.2) is 0 Å². The van der Waals surface area contributed by atoms with Crippen molar-refractivity contribution in [2.45, 2.75) is 26.1 Å². The molecule has 5 nitrogen and oxygen atoms in total. The number of morpholine rings is 1. The fraction of sp³-hybridized carbons (Fsp3) is 0.643. The smallest absolute Gasteiger partial charge is 0.268 e. The average Bonchev–Trinajstić information content (AvgIpc) is 2.65. The second-order valence-electron chi connectivity index (χ2n) is 5.50. The van der Waals surface area contributed by atoms with E-state index in [1.807, 2.05) is 0 Å². The van der Waals surface area contributed by atoms with Crippen molar-refractivity contribution in [1.82, 2.24) is 14.8 Å². The van der Waals surface area contributed by atoms with Crippen LogP contribution in [-0.4, -0.2) is 53.8 Å². The van der Waals surface area contributed by atoms with E-state index in [0.29, 0.717) is 22.4 Å². The molecule has 1 saturated heterocycles. The Morgan fingerprint density at radius 2 is 2.00 bits per heavy atom. The maximum absolute atomic E-state index is 12.1. The summed E-state index contributed by atoms with van der Waals surface area (Å²) in [5.41, 5.74) is 0.466. The van der Waals surface area contributed by atoms with Crippen LogP contribution >= 0.6 is 23.2 Å². The van der Waals surface area contributed by atoms with E-state index in [9.17, 15) is 4.79 Å². The molecular weight excluding hydrogens is 313 g/mol. The molecule has 1 N–H and O–H groups in total. The number of ether oxygens (including phenoxy) is 1. The molecule has 21 heavy (non-hydrogen) atoms. The summed E-state index contributed by atoms with van der Waals surface area (Å²) in [5.74, 6) is -0.166. The standard InChI is InChI=1S/C14H21Cl2N3O2/c1-9-7-19(8-10(2)21-9)5-4-17-14(20)12-6-11(15)13(16)18(12)3/h6,9-10H,4-5,7-8H2,1-3H3,(H,17,20). The van der Waals surface area contributed by atoms with Gasteiger partial charge in [0.25, 0.3) is 5.91 Å². The number of nitrogens with one attached hydrogen (secondary N) is 1. The molecule has 7 heteroatoms. The first kappa shape index (κ1) is 16.6. The van der Waals surface area contributed by atoms with Gasteiger partial charge in [-0.05, 0) is 19.9 Å². The largest absolute Gasteiger partial charge is 0.373 e. The number of nitrogens with zero attached hydrogens (tertiary/aromatic N) is 2. The highest BCUT2D eigenvalue weighted by molar-refractivity contribution is 6.41. The van der Waals surface area contributed by atoms with Crippen LogP contribution in [0.15, 0.2) is 6.07 Å². The topological polar surface area (TPSA) is 46.5 Å². The summed E-state index contributed by atoms with van der Waals surface area (Å²) in [7, 11) is 1.72. The van der Waals surface area contributed by atoms with Crippen LogP contribution in [0.5, 0.6) is 0 Å². The van der Waals surface area contributed by atoms with E-state index in [1.165, 1.54) is 0 Å². The van der Waals surface area contributed by atoms with E-state index in [1.54, 1.807) is 17.7 Å². The molecule has 1 aliphatic heterocycles. The second-order valence-corrected chi connectivity index (χ2v) is 6.27. The minimum atomic E-state index is -0.166. The van der Waals surface area contributed by atoms with Crippen LogP contribution in [0.25, 0.3) is 0 Å². The molecule has 1 aliphatic rings. The minimum Gasteiger partial charge on any atom is -0.373 e. The zero-order valence-corrected chi connectivity index (χ0v) is 14.0. The SMILES string of the molecule is CC1CN(CCNC(=O)c2cc(Cl)c(Cl)n2C)CC(C)O1. The Labute approximate surface area is 135 Å². The zero-order chi connectivity index (χ0) is 15.6. The van der Waals surface area contributed by atoms with Crippen LogP contribution in [-0.2, 0) is 11.8 Å². The Morgan fingerprint density at radius 1 is 1.38 bits per heavy atom. The first-order valence-corrected chi connectivity index (χ1v) is 7.80. The highest BCUT2D eigenvalue weighted by Gasteiger charge is 2.22. The maximum Gasteiger partial charge on any atom is 0.268 e. The molecule has 0 saturated carbocycles. The molecule has 2 atom stereocenters. The van der Waals surface area contributed by atoms with Gasteiger partial charge in [0.15, 0.2) is 0 Å². The Hall–Kier alpha value is -0.750. The molecular formula is C14H21Cl2N3O2. The first-order valence-electron chi connectivity index (χ1n) is 7.05. The Balaban J connectivity index is 1.83. The number of carbonyl (C=O) groups excluding carboxylic acids is 1. The summed E-state index contributed by atoms with van der Waals surface area (Å²) in [6.45, 7) is 7.29. The van der Waals surface area contributed by atoms with Gasteiger partial charge >= 0.3 is 0 Å². The summed E-state index contributed by atoms with van der Waals surface area (Å²) in [6.07, 6.45) is 0.463. The van der Waals surface area contributed by atoms with Gasteiger partial charge in [-0.15, -0.1) is 0 Å². The summed E-state index contributed by atoms with van der Waals surface area (Å²) < 4.78 is 7.26. The number of carbonyl (C=O) groups is 1. The molecule has 2 heterocycles. The molecule has 1 amide bonds. The molecule has 0 aliphatic carbocycles. The molecule has 2 rings (SSSR count). The molecule has 0 spiro atoms. The van der Waals surface area contributed by atoms with Gasteiger partial charge in [0, 0.05) is 33.2 Å². The highest BCUT2D eigenvalue weighted by Crippen LogP contribution is 2.24. The van der Waals surface area contributed by atoms with Gasteiger partial charge < -0.3 is 14.6 Å². The van der Waals surface area contributed by atoms with Crippen molar-refractivity contribution in [3.05, 3.63) is 21.9 Å². The van der Waals surface area contributed by atoms with Crippen LogP contribution in [0.3, 0.4) is 0 Å². The van der Waals surface area contributed by atoms with Crippen LogP contribution in [0, 0.1) is 0 Å². The van der Waals surface area contributed by atoms with Crippen molar-refractivity contribution < 1.29 is 9.53 Å². The van der Waals surface area contributed by atoms with Gasteiger partial charge in [-0.2, -0.15) is 0 Å². The molecule has 0 radical (unpaired) electrons. The average molecular weight is 334 g/mol. The van der Waals surface area contributed by atoms with E-state index in [0.717, 1.165) is 19.6 Å². The molecule has 1 fully saturated rings. The number of aromatic nitrogens is 1.